The molecule has 2 aromatic carbocycles. The number of hydrogen-bond donors (Lipinski definition) is 1. The summed E-state index contributed by atoms with van der Waals surface area (Å²) in [5.41, 5.74) is 2.70. The third kappa shape index (κ3) is 5.69. The molecule has 0 bridgehead atoms. The predicted molar refractivity (Wildman–Crippen MR) is 135 cm³/mol. The number of likely N-dealkylation sites (N-methyl/N-ethyl adjacent to an activating group) is 1. The lowest BCUT2D eigenvalue weighted by molar-refractivity contribution is -0.118. The largest absolute Gasteiger partial charge is 0.497 e. The van der Waals surface area contributed by atoms with Gasteiger partial charge in [-0.3, -0.25) is 9.69 Å². The van der Waals surface area contributed by atoms with Crippen LogP contribution in [0.25, 0.3) is 11.0 Å². The van der Waals surface area contributed by atoms with Crippen molar-refractivity contribution in [2.45, 2.75) is 33.4 Å². The van der Waals surface area contributed by atoms with E-state index in [4.69, 9.17) is 14.5 Å². The van der Waals surface area contributed by atoms with Gasteiger partial charge in [0, 0.05) is 37.9 Å². The Hall–Kier alpha value is -3.10. The number of fused-ring (bicyclic) bond motifs is 1. The van der Waals surface area contributed by atoms with E-state index in [9.17, 15) is 4.79 Å². The lowest BCUT2D eigenvalue weighted by Crippen LogP contribution is -2.45. The Morgan fingerprint density at radius 1 is 1.03 bits per heavy atom. The molecule has 182 valence electrons. The third-order valence-corrected chi connectivity index (χ3v) is 6.27. The van der Waals surface area contributed by atoms with Crippen molar-refractivity contribution in [2.24, 2.45) is 0 Å². The van der Waals surface area contributed by atoms with E-state index in [0.717, 1.165) is 61.9 Å². The van der Waals surface area contributed by atoms with Gasteiger partial charge in [0.2, 0.25) is 0 Å². The number of rotatable bonds is 9. The Morgan fingerprint density at radius 2 is 1.71 bits per heavy atom. The van der Waals surface area contributed by atoms with Gasteiger partial charge in [0.05, 0.1) is 24.7 Å². The SMILES string of the molecule is CCN1CCN(Cc2nc3cc(NC(=O)COc4ccc(OC)cc4)ccc3n2C(C)C)CC1. The maximum atomic E-state index is 12.4. The molecule has 1 aromatic heterocycles. The molecule has 8 heteroatoms. The second-order valence-corrected chi connectivity index (χ2v) is 8.92. The summed E-state index contributed by atoms with van der Waals surface area (Å²) in [6, 6.07) is 13.4. The van der Waals surface area contributed by atoms with Gasteiger partial charge in [0.25, 0.3) is 5.91 Å². The number of piperazine rings is 1. The number of anilines is 1. The Balaban J connectivity index is 1.42. The number of hydrogen-bond acceptors (Lipinski definition) is 6. The van der Waals surface area contributed by atoms with Gasteiger partial charge in [-0.2, -0.15) is 0 Å². The van der Waals surface area contributed by atoms with Crippen LogP contribution in [-0.2, 0) is 11.3 Å². The van der Waals surface area contributed by atoms with E-state index in [2.05, 4.69) is 40.5 Å². The molecule has 3 aromatic rings. The van der Waals surface area contributed by atoms with E-state index in [-0.39, 0.29) is 12.5 Å². The number of carbonyl (C=O) groups is 1. The first-order valence-electron chi connectivity index (χ1n) is 12.0. The average Bonchev–Trinajstić information content (AvgIpc) is 3.20. The van der Waals surface area contributed by atoms with Crippen LogP contribution in [0.15, 0.2) is 42.5 Å². The predicted octanol–water partition coefficient (Wildman–Crippen LogP) is 3.78. The third-order valence-electron chi connectivity index (χ3n) is 6.27. The molecular formula is C26H35N5O3. The molecule has 1 fully saturated rings. The first-order chi connectivity index (χ1) is 16.5. The Kier molecular flexibility index (Phi) is 7.70. The van der Waals surface area contributed by atoms with E-state index in [1.54, 1.807) is 31.4 Å². The average molecular weight is 466 g/mol. The number of imidazole rings is 1. The summed E-state index contributed by atoms with van der Waals surface area (Å²) in [5, 5.41) is 2.92. The summed E-state index contributed by atoms with van der Waals surface area (Å²) >= 11 is 0. The van der Waals surface area contributed by atoms with Gasteiger partial charge in [0.1, 0.15) is 17.3 Å². The standard InChI is InChI=1S/C26H35N5O3/c1-5-29-12-14-30(15-13-29)17-25-28-23-16-20(6-11-24(23)31(25)19(2)3)27-26(32)18-34-22-9-7-21(33-4)8-10-22/h6-11,16,19H,5,12-15,17-18H2,1-4H3,(H,27,32). The summed E-state index contributed by atoms with van der Waals surface area (Å²) in [5.74, 6) is 2.22. The van der Waals surface area contributed by atoms with E-state index in [1.807, 2.05) is 18.2 Å². The highest BCUT2D eigenvalue weighted by Gasteiger charge is 2.20. The fourth-order valence-corrected chi connectivity index (χ4v) is 4.40. The summed E-state index contributed by atoms with van der Waals surface area (Å²) in [6.07, 6.45) is 0. The van der Waals surface area contributed by atoms with E-state index < -0.39 is 0 Å². The molecule has 34 heavy (non-hydrogen) atoms. The lowest BCUT2D eigenvalue weighted by atomic mass is 10.2. The molecule has 0 spiro atoms. The molecule has 1 aliphatic heterocycles. The number of amides is 1. The maximum absolute atomic E-state index is 12.4. The van der Waals surface area contributed by atoms with Crippen LogP contribution in [0.2, 0.25) is 0 Å². The number of ether oxygens (including phenoxy) is 2. The summed E-state index contributed by atoms with van der Waals surface area (Å²) in [4.78, 5) is 22.4. The number of methoxy groups -OCH3 is 1. The van der Waals surface area contributed by atoms with E-state index in [1.165, 1.54) is 0 Å². The number of benzene rings is 2. The van der Waals surface area contributed by atoms with Gasteiger partial charge < -0.3 is 24.3 Å². The smallest absolute Gasteiger partial charge is 0.262 e. The fourth-order valence-electron chi connectivity index (χ4n) is 4.40. The summed E-state index contributed by atoms with van der Waals surface area (Å²) in [6.45, 7) is 12.8. The van der Waals surface area contributed by atoms with Crippen LogP contribution in [-0.4, -0.2) is 71.7 Å². The highest BCUT2D eigenvalue weighted by atomic mass is 16.5. The lowest BCUT2D eigenvalue weighted by Gasteiger charge is -2.34. The molecule has 1 aliphatic rings. The van der Waals surface area contributed by atoms with Gasteiger partial charge in [-0.15, -0.1) is 0 Å². The Labute approximate surface area is 201 Å². The van der Waals surface area contributed by atoms with Gasteiger partial charge in [-0.1, -0.05) is 6.92 Å². The fraction of sp³-hybridized carbons (Fsp3) is 0.462. The van der Waals surface area contributed by atoms with Gasteiger partial charge in [-0.25, -0.2) is 4.98 Å². The van der Waals surface area contributed by atoms with Crippen molar-refractivity contribution in [3.63, 3.8) is 0 Å². The molecule has 4 rings (SSSR count). The van der Waals surface area contributed by atoms with E-state index in [0.29, 0.717) is 17.5 Å². The second kappa shape index (κ2) is 10.9. The molecule has 0 radical (unpaired) electrons. The number of nitrogens with zero attached hydrogens (tertiary/aromatic N) is 4. The van der Waals surface area contributed by atoms with Crippen molar-refractivity contribution < 1.29 is 14.3 Å². The van der Waals surface area contributed by atoms with Gasteiger partial charge in [0.15, 0.2) is 6.61 Å². The zero-order chi connectivity index (χ0) is 24.1. The van der Waals surface area contributed by atoms with Crippen LogP contribution >= 0.6 is 0 Å². The zero-order valence-corrected chi connectivity index (χ0v) is 20.6. The highest BCUT2D eigenvalue weighted by molar-refractivity contribution is 5.94. The molecule has 8 nitrogen and oxygen atoms in total. The normalized spacial score (nSPS) is 15.1. The Bertz CT molecular complexity index is 1100. The monoisotopic (exact) mass is 465 g/mol. The van der Waals surface area contributed by atoms with Crippen LogP contribution in [0.4, 0.5) is 5.69 Å². The minimum absolute atomic E-state index is 0.0697. The van der Waals surface area contributed by atoms with Gasteiger partial charge in [-0.05, 0) is 62.9 Å². The maximum Gasteiger partial charge on any atom is 0.262 e. The number of carbonyl (C=O) groups excluding carboxylic acids is 1. The Morgan fingerprint density at radius 3 is 2.35 bits per heavy atom. The van der Waals surface area contributed by atoms with Crippen molar-refractivity contribution in [3.8, 4) is 11.5 Å². The molecule has 1 saturated heterocycles. The quantitative estimate of drug-likeness (QED) is 0.519. The highest BCUT2D eigenvalue weighted by Crippen LogP contribution is 2.25. The van der Waals surface area contributed by atoms with Crippen molar-refractivity contribution in [1.29, 1.82) is 0 Å². The summed E-state index contributed by atoms with van der Waals surface area (Å²) < 4.78 is 13.0. The molecule has 1 N–H and O–H groups in total. The molecular weight excluding hydrogens is 430 g/mol. The van der Waals surface area contributed by atoms with Crippen LogP contribution in [0.5, 0.6) is 11.5 Å². The van der Waals surface area contributed by atoms with Crippen molar-refractivity contribution in [1.82, 2.24) is 19.4 Å². The second-order valence-electron chi connectivity index (χ2n) is 8.92. The first kappa shape index (κ1) is 24.0. The van der Waals surface area contributed by atoms with Crippen LogP contribution in [0, 0.1) is 0 Å². The minimum atomic E-state index is -0.215. The molecule has 0 atom stereocenters. The van der Waals surface area contributed by atoms with Crippen LogP contribution < -0.4 is 14.8 Å². The van der Waals surface area contributed by atoms with Crippen molar-refractivity contribution >= 4 is 22.6 Å². The van der Waals surface area contributed by atoms with E-state index >= 15 is 0 Å². The molecule has 0 aliphatic carbocycles. The van der Waals surface area contributed by atoms with Gasteiger partial charge >= 0.3 is 0 Å². The molecule has 1 amide bonds. The number of aromatic nitrogens is 2. The number of nitrogens with one attached hydrogen (secondary N) is 1. The van der Waals surface area contributed by atoms with Crippen molar-refractivity contribution in [2.75, 3.05) is 51.8 Å². The molecule has 0 saturated carbocycles. The minimum Gasteiger partial charge on any atom is -0.497 e. The topological polar surface area (TPSA) is 71.9 Å². The summed E-state index contributed by atoms with van der Waals surface area (Å²) in [7, 11) is 1.61. The van der Waals surface area contributed by atoms with Crippen LogP contribution in [0.1, 0.15) is 32.6 Å². The van der Waals surface area contributed by atoms with Crippen LogP contribution in [0.3, 0.4) is 0 Å². The molecule has 2 heterocycles. The molecule has 0 unspecified atom stereocenters. The first-order valence-corrected chi connectivity index (χ1v) is 12.0. The zero-order valence-electron chi connectivity index (χ0n) is 20.6. The van der Waals surface area contributed by atoms with Crippen molar-refractivity contribution in [3.05, 3.63) is 48.3 Å².